The molecule has 1 amide bonds. The van der Waals surface area contributed by atoms with Gasteiger partial charge < -0.3 is 15.5 Å². The first kappa shape index (κ1) is 19.1. The maximum Gasteiger partial charge on any atom is 0.269 e. The Bertz CT molecular complexity index is 762. The van der Waals surface area contributed by atoms with E-state index in [4.69, 9.17) is 23.8 Å². The van der Waals surface area contributed by atoms with Crippen LogP contribution in [0.5, 0.6) is 0 Å². The quantitative estimate of drug-likeness (QED) is 0.462. The summed E-state index contributed by atoms with van der Waals surface area (Å²) in [5.41, 5.74) is 1.39. The standard InChI is InChI=1S/C16H19ClN4O3S/c1-4-20(5-2)15(22)13-9(3)18-16(25)19-14(13)11-8-10(21(23)24)6-7-12(11)17/h6-8,14H,4-5H2,1-3H3,(H2,18,19,25)/t14-/m1/s1. The van der Waals surface area contributed by atoms with Crippen molar-refractivity contribution in [2.75, 3.05) is 13.1 Å². The molecule has 0 bridgehead atoms. The smallest absolute Gasteiger partial charge is 0.269 e. The number of hydrogen-bond donors (Lipinski definition) is 2. The molecule has 1 aliphatic heterocycles. The minimum absolute atomic E-state index is 0.0991. The van der Waals surface area contributed by atoms with Crippen LogP contribution in [0.15, 0.2) is 29.5 Å². The molecule has 25 heavy (non-hydrogen) atoms. The number of likely N-dealkylation sites (N-methyl/N-ethyl adjacent to an activating group) is 1. The second-order valence-electron chi connectivity index (χ2n) is 5.51. The van der Waals surface area contributed by atoms with Gasteiger partial charge in [0.2, 0.25) is 0 Å². The molecule has 134 valence electrons. The lowest BCUT2D eigenvalue weighted by molar-refractivity contribution is -0.384. The van der Waals surface area contributed by atoms with Crippen molar-refractivity contribution in [2.24, 2.45) is 0 Å². The Hall–Kier alpha value is -2.19. The Morgan fingerprint density at radius 1 is 1.40 bits per heavy atom. The number of hydrogen-bond acceptors (Lipinski definition) is 4. The van der Waals surface area contributed by atoms with Gasteiger partial charge in [-0.05, 0) is 39.1 Å². The molecule has 1 aromatic carbocycles. The van der Waals surface area contributed by atoms with Crippen LogP contribution in [0.3, 0.4) is 0 Å². The topological polar surface area (TPSA) is 87.5 Å². The zero-order chi connectivity index (χ0) is 18.7. The van der Waals surface area contributed by atoms with Gasteiger partial charge in [-0.15, -0.1) is 0 Å². The molecule has 0 unspecified atom stereocenters. The Labute approximate surface area is 156 Å². The molecule has 0 radical (unpaired) electrons. The average molecular weight is 383 g/mol. The molecule has 0 saturated heterocycles. The number of halogens is 1. The molecule has 0 aliphatic carbocycles. The number of amides is 1. The van der Waals surface area contributed by atoms with Crippen molar-refractivity contribution >= 4 is 40.5 Å². The van der Waals surface area contributed by atoms with Gasteiger partial charge in [-0.1, -0.05) is 11.6 Å². The highest BCUT2D eigenvalue weighted by molar-refractivity contribution is 7.80. The van der Waals surface area contributed by atoms with Crippen LogP contribution in [0.2, 0.25) is 5.02 Å². The number of nitro groups is 1. The molecule has 7 nitrogen and oxygen atoms in total. The summed E-state index contributed by atoms with van der Waals surface area (Å²) in [5.74, 6) is -0.169. The zero-order valence-electron chi connectivity index (χ0n) is 14.1. The summed E-state index contributed by atoms with van der Waals surface area (Å²) in [6.07, 6.45) is 0. The molecule has 0 saturated carbocycles. The van der Waals surface area contributed by atoms with Gasteiger partial charge in [0, 0.05) is 41.5 Å². The van der Waals surface area contributed by atoms with Gasteiger partial charge in [0.15, 0.2) is 5.11 Å². The zero-order valence-corrected chi connectivity index (χ0v) is 15.7. The molecule has 2 rings (SSSR count). The van der Waals surface area contributed by atoms with E-state index in [2.05, 4.69) is 10.6 Å². The van der Waals surface area contributed by atoms with Crippen LogP contribution in [-0.2, 0) is 4.79 Å². The number of thiocarbonyl (C=S) groups is 1. The Balaban J connectivity index is 2.59. The van der Waals surface area contributed by atoms with Crippen molar-refractivity contribution in [1.82, 2.24) is 15.5 Å². The number of nitrogens with one attached hydrogen (secondary N) is 2. The van der Waals surface area contributed by atoms with Gasteiger partial charge in [-0.3, -0.25) is 14.9 Å². The predicted octanol–water partition coefficient (Wildman–Crippen LogP) is 2.91. The second-order valence-corrected chi connectivity index (χ2v) is 6.33. The first-order valence-electron chi connectivity index (χ1n) is 7.81. The number of nitro benzene ring substituents is 1. The van der Waals surface area contributed by atoms with Crippen LogP contribution >= 0.6 is 23.8 Å². The summed E-state index contributed by atoms with van der Waals surface area (Å²) < 4.78 is 0. The predicted molar refractivity (Wildman–Crippen MR) is 100 cm³/mol. The van der Waals surface area contributed by atoms with Crippen LogP contribution in [-0.4, -0.2) is 33.9 Å². The van der Waals surface area contributed by atoms with Gasteiger partial charge in [-0.2, -0.15) is 0 Å². The van der Waals surface area contributed by atoms with E-state index in [1.807, 2.05) is 13.8 Å². The van der Waals surface area contributed by atoms with E-state index < -0.39 is 11.0 Å². The minimum atomic E-state index is -0.658. The Kier molecular flexibility index (Phi) is 5.97. The fourth-order valence-electron chi connectivity index (χ4n) is 2.76. The molecule has 2 N–H and O–H groups in total. The van der Waals surface area contributed by atoms with Gasteiger partial charge in [0.05, 0.1) is 16.5 Å². The lowest BCUT2D eigenvalue weighted by Crippen LogP contribution is -2.47. The number of benzene rings is 1. The molecule has 1 aliphatic rings. The third kappa shape index (κ3) is 3.91. The highest BCUT2D eigenvalue weighted by Crippen LogP contribution is 2.34. The molecular formula is C16H19ClN4O3S. The summed E-state index contributed by atoms with van der Waals surface area (Å²) >= 11 is 11.5. The average Bonchev–Trinajstić information content (AvgIpc) is 2.55. The molecule has 1 atom stereocenters. The second kappa shape index (κ2) is 7.79. The molecule has 1 heterocycles. The number of carbonyl (C=O) groups excluding carboxylic acids is 1. The molecular weight excluding hydrogens is 364 g/mol. The fraction of sp³-hybridized carbons (Fsp3) is 0.375. The van der Waals surface area contributed by atoms with Crippen molar-refractivity contribution in [3.05, 3.63) is 50.2 Å². The monoisotopic (exact) mass is 382 g/mol. The Morgan fingerprint density at radius 2 is 2.04 bits per heavy atom. The van der Waals surface area contributed by atoms with E-state index in [0.29, 0.717) is 40.1 Å². The van der Waals surface area contributed by atoms with Gasteiger partial charge in [-0.25, -0.2) is 0 Å². The van der Waals surface area contributed by atoms with Gasteiger partial charge in [0.25, 0.3) is 11.6 Å². The van der Waals surface area contributed by atoms with Crippen LogP contribution in [0.1, 0.15) is 32.4 Å². The van der Waals surface area contributed by atoms with Crippen molar-refractivity contribution in [3.63, 3.8) is 0 Å². The van der Waals surface area contributed by atoms with Crippen LogP contribution in [0, 0.1) is 10.1 Å². The third-order valence-electron chi connectivity index (χ3n) is 4.05. The van der Waals surface area contributed by atoms with Crippen LogP contribution < -0.4 is 10.6 Å². The van der Waals surface area contributed by atoms with E-state index in [-0.39, 0.29) is 11.6 Å². The van der Waals surface area contributed by atoms with E-state index in [0.717, 1.165) is 0 Å². The Morgan fingerprint density at radius 3 is 2.60 bits per heavy atom. The van der Waals surface area contributed by atoms with Gasteiger partial charge in [0.1, 0.15) is 0 Å². The van der Waals surface area contributed by atoms with Crippen molar-refractivity contribution in [2.45, 2.75) is 26.8 Å². The first-order chi connectivity index (χ1) is 11.8. The number of rotatable bonds is 5. The SMILES string of the molecule is CCN(CC)C(=O)C1=C(C)NC(=S)N[C@@H]1c1cc([N+](=O)[O-])ccc1Cl. The summed E-state index contributed by atoms with van der Waals surface area (Å²) in [6, 6.07) is 3.50. The normalized spacial score (nSPS) is 17.0. The third-order valence-corrected chi connectivity index (χ3v) is 4.62. The van der Waals surface area contributed by atoms with E-state index in [9.17, 15) is 14.9 Å². The molecule has 9 heteroatoms. The molecule has 0 aromatic heterocycles. The van der Waals surface area contributed by atoms with E-state index in [1.54, 1.807) is 11.8 Å². The van der Waals surface area contributed by atoms with Crippen molar-refractivity contribution < 1.29 is 9.72 Å². The number of non-ortho nitro benzene ring substituents is 1. The largest absolute Gasteiger partial charge is 0.351 e. The summed E-state index contributed by atoms with van der Waals surface area (Å²) in [6.45, 7) is 6.63. The van der Waals surface area contributed by atoms with E-state index in [1.165, 1.54) is 18.2 Å². The summed E-state index contributed by atoms with van der Waals surface area (Å²) in [5, 5.41) is 17.7. The molecule has 0 fully saturated rings. The first-order valence-corrected chi connectivity index (χ1v) is 8.60. The van der Waals surface area contributed by atoms with Crippen LogP contribution in [0.4, 0.5) is 5.69 Å². The molecule has 1 aromatic rings. The minimum Gasteiger partial charge on any atom is -0.351 e. The van der Waals surface area contributed by atoms with E-state index >= 15 is 0 Å². The summed E-state index contributed by atoms with van der Waals surface area (Å²) in [7, 11) is 0. The number of nitrogens with zero attached hydrogens (tertiary/aromatic N) is 2. The number of allylic oxidation sites excluding steroid dienone is 1. The maximum atomic E-state index is 13.0. The van der Waals surface area contributed by atoms with Crippen molar-refractivity contribution in [1.29, 1.82) is 0 Å². The van der Waals surface area contributed by atoms with Crippen LogP contribution in [0.25, 0.3) is 0 Å². The summed E-state index contributed by atoms with van der Waals surface area (Å²) in [4.78, 5) is 25.2. The lowest BCUT2D eigenvalue weighted by Gasteiger charge is -2.33. The molecule has 0 spiro atoms. The van der Waals surface area contributed by atoms with Crippen molar-refractivity contribution in [3.8, 4) is 0 Å². The fourth-order valence-corrected chi connectivity index (χ4v) is 3.26. The number of carbonyl (C=O) groups is 1. The highest BCUT2D eigenvalue weighted by Gasteiger charge is 2.33. The highest BCUT2D eigenvalue weighted by atomic mass is 35.5. The van der Waals surface area contributed by atoms with Gasteiger partial charge >= 0.3 is 0 Å². The lowest BCUT2D eigenvalue weighted by atomic mass is 9.94. The maximum absolute atomic E-state index is 13.0.